The Hall–Kier alpha value is -3.47. The van der Waals surface area contributed by atoms with E-state index in [9.17, 15) is 18.0 Å². The molecule has 9 nitrogen and oxygen atoms in total. The molecule has 0 saturated carbocycles. The number of hydrogen-bond donors (Lipinski definition) is 2. The van der Waals surface area contributed by atoms with E-state index < -0.39 is 10.0 Å². The fraction of sp³-hybridized carbons (Fsp3) is 0.280. The van der Waals surface area contributed by atoms with Crippen LogP contribution in [0.15, 0.2) is 70.9 Å². The molecule has 35 heavy (non-hydrogen) atoms. The monoisotopic (exact) mass is 496 g/mol. The molecule has 2 heterocycles. The van der Waals surface area contributed by atoms with E-state index in [2.05, 4.69) is 5.32 Å². The quantitative estimate of drug-likeness (QED) is 0.501. The molecule has 1 fully saturated rings. The minimum Gasteiger partial charge on any atom is -0.325 e. The second-order valence-corrected chi connectivity index (χ2v) is 10.4. The van der Waals surface area contributed by atoms with Crippen LogP contribution in [0.3, 0.4) is 0 Å². The molecular formula is C25H30N5O4S+. The van der Waals surface area contributed by atoms with E-state index in [4.69, 9.17) is 0 Å². The zero-order valence-corrected chi connectivity index (χ0v) is 20.7. The van der Waals surface area contributed by atoms with Gasteiger partial charge in [-0.15, -0.1) is 0 Å². The van der Waals surface area contributed by atoms with Crippen molar-refractivity contribution in [2.75, 3.05) is 38.0 Å². The number of aromatic nitrogens is 2. The van der Waals surface area contributed by atoms with Crippen LogP contribution in [0.4, 0.5) is 5.69 Å². The molecule has 2 aromatic carbocycles. The van der Waals surface area contributed by atoms with Gasteiger partial charge in [-0.3, -0.25) is 14.3 Å². The summed E-state index contributed by atoms with van der Waals surface area (Å²) < 4.78 is 30.0. The summed E-state index contributed by atoms with van der Waals surface area (Å²) in [7, 11) is -1.76. The van der Waals surface area contributed by atoms with Crippen LogP contribution in [-0.2, 0) is 21.9 Å². The van der Waals surface area contributed by atoms with Gasteiger partial charge in [0.1, 0.15) is 5.69 Å². The van der Waals surface area contributed by atoms with Gasteiger partial charge in [0.2, 0.25) is 10.0 Å². The lowest BCUT2D eigenvalue weighted by Gasteiger charge is -2.30. The Kier molecular flexibility index (Phi) is 7.34. The van der Waals surface area contributed by atoms with Crippen molar-refractivity contribution in [2.24, 2.45) is 7.05 Å². The van der Waals surface area contributed by atoms with Crippen molar-refractivity contribution in [3.63, 3.8) is 0 Å². The van der Waals surface area contributed by atoms with Crippen LogP contribution in [0.1, 0.15) is 11.3 Å². The molecule has 1 aliphatic rings. The molecule has 4 rings (SSSR count). The number of rotatable bonds is 7. The number of anilines is 1. The molecule has 0 unspecified atom stereocenters. The molecule has 0 atom stereocenters. The highest BCUT2D eigenvalue weighted by Gasteiger charge is 2.29. The lowest BCUT2D eigenvalue weighted by Crippen LogP contribution is -3.15. The molecule has 184 valence electrons. The third-order valence-electron chi connectivity index (χ3n) is 6.25. The first-order chi connectivity index (χ1) is 16.8. The zero-order chi connectivity index (χ0) is 25.0. The maximum atomic E-state index is 13.0. The summed E-state index contributed by atoms with van der Waals surface area (Å²) in [5.41, 5.74) is 2.16. The van der Waals surface area contributed by atoms with E-state index in [1.807, 2.05) is 60.7 Å². The Labute approximate surface area is 204 Å². The summed E-state index contributed by atoms with van der Waals surface area (Å²) in [4.78, 5) is 26.7. The van der Waals surface area contributed by atoms with Crippen LogP contribution >= 0.6 is 0 Å². The van der Waals surface area contributed by atoms with Crippen LogP contribution in [0.25, 0.3) is 11.8 Å². The van der Waals surface area contributed by atoms with Crippen molar-refractivity contribution in [3.8, 4) is 5.69 Å². The summed E-state index contributed by atoms with van der Waals surface area (Å²) in [6.45, 7) is 3.62. The highest BCUT2D eigenvalue weighted by atomic mass is 32.2. The van der Waals surface area contributed by atoms with Gasteiger partial charge in [-0.25, -0.2) is 13.1 Å². The highest BCUT2D eigenvalue weighted by Crippen LogP contribution is 2.14. The first-order valence-electron chi connectivity index (χ1n) is 11.5. The molecule has 3 aromatic rings. The van der Waals surface area contributed by atoms with Crippen LogP contribution < -0.4 is 15.8 Å². The Morgan fingerprint density at radius 3 is 2.26 bits per heavy atom. The van der Waals surface area contributed by atoms with Gasteiger partial charge < -0.3 is 10.2 Å². The maximum absolute atomic E-state index is 13.0. The number of piperazine rings is 1. The van der Waals surface area contributed by atoms with Gasteiger partial charge >= 0.3 is 0 Å². The summed E-state index contributed by atoms with van der Waals surface area (Å²) in [5, 5.41) is 4.01. The highest BCUT2D eigenvalue weighted by molar-refractivity contribution is 7.92. The Morgan fingerprint density at radius 2 is 1.63 bits per heavy atom. The zero-order valence-electron chi connectivity index (χ0n) is 19.8. The van der Waals surface area contributed by atoms with E-state index in [-0.39, 0.29) is 23.7 Å². The lowest BCUT2D eigenvalue weighted by atomic mass is 10.2. The van der Waals surface area contributed by atoms with Gasteiger partial charge in [-0.05, 0) is 30.7 Å². The van der Waals surface area contributed by atoms with Crippen LogP contribution in [0.2, 0.25) is 0 Å². The summed E-state index contributed by atoms with van der Waals surface area (Å²) in [6, 6.07) is 18.5. The largest absolute Gasteiger partial charge is 0.325 e. The average Bonchev–Trinajstić information content (AvgIpc) is 3.07. The Morgan fingerprint density at radius 1 is 1.03 bits per heavy atom. The molecule has 0 aliphatic carbocycles. The van der Waals surface area contributed by atoms with E-state index in [1.54, 1.807) is 24.7 Å². The molecule has 1 aromatic heterocycles. The maximum Gasteiger partial charge on any atom is 0.295 e. The van der Waals surface area contributed by atoms with Gasteiger partial charge in [0, 0.05) is 12.5 Å². The number of amides is 1. The van der Waals surface area contributed by atoms with Crippen molar-refractivity contribution in [2.45, 2.75) is 6.92 Å². The van der Waals surface area contributed by atoms with Crippen molar-refractivity contribution in [1.82, 2.24) is 13.7 Å². The Bertz CT molecular complexity index is 1370. The fourth-order valence-corrected chi connectivity index (χ4v) is 5.36. The predicted octanol–water partition coefficient (Wildman–Crippen LogP) is 0.624. The minimum absolute atomic E-state index is 0.160. The second-order valence-electron chi connectivity index (χ2n) is 8.57. The van der Waals surface area contributed by atoms with Crippen LogP contribution in [0, 0.1) is 6.92 Å². The SMILES string of the molecule is Cc1c(NC(=O)C[NH+]2CCN(S(=O)(=O)/C=C/c3ccccc3)CC2)c(=O)n(-c2ccccc2)n1C. The number of hydrogen-bond acceptors (Lipinski definition) is 4. The smallest absolute Gasteiger partial charge is 0.295 e. The van der Waals surface area contributed by atoms with E-state index in [1.165, 1.54) is 14.4 Å². The van der Waals surface area contributed by atoms with Gasteiger partial charge in [-0.2, -0.15) is 4.31 Å². The number of sulfonamides is 1. The van der Waals surface area contributed by atoms with Gasteiger partial charge in [-0.1, -0.05) is 48.5 Å². The molecule has 10 heteroatoms. The average molecular weight is 497 g/mol. The van der Waals surface area contributed by atoms with E-state index in [0.717, 1.165) is 10.5 Å². The van der Waals surface area contributed by atoms with Crippen molar-refractivity contribution in [1.29, 1.82) is 0 Å². The molecule has 1 aliphatic heterocycles. The first kappa shape index (κ1) is 24.6. The van der Waals surface area contributed by atoms with Gasteiger partial charge in [0.15, 0.2) is 6.54 Å². The molecule has 2 N–H and O–H groups in total. The number of carbonyl (C=O) groups is 1. The third kappa shape index (κ3) is 5.61. The van der Waals surface area contributed by atoms with Gasteiger partial charge in [0.25, 0.3) is 11.5 Å². The Balaban J connectivity index is 1.35. The van der Waals surface area contributed by atoms with Crippen molar-refractivity contribution < 1.29 is 18.1 Å². The molecular weight excluding hydrogens is 466 g/mol. The topological polar surface area (TPSA) is 97.9 Å². The number of nitrogens with one attached hydrogen (secondary N) is 2. The predicted molar refractivity (Wildman–Crippen MR) is 136 cm³/mol. The molecule has 0 bridgehead atoms. The van der Waals surface area contributed by atoms with Crippen LogP contribution in [-0.4, -0.2) is 60.7 Å². The number of para-hydroxylation sites is 1. The number of nitrogens with zero attached hydrogens (tertiary/aromatic N) is 3. The van der Waals surface area contributed by atoms with E-state index >= 15 is 0 Å². The van der Waals surface area contributed by atoms with Crippen molar-refractivity contribution in [3.05, 3.63) is 87.7 Å². The van der Waals surface area contributed by atoms with Gasteiger partial charge in [0.05, 0.1) is 37.6 Å². The normalized spacial score (nSPS) is 15.5. The number of carbonyl (C=O) groups excluding carboxylic acids is 1. The standard InChI is InChI=1S/C25H29N5O4S/c1-20-24(25(32)30(27(20)2)22-11-7-4-8-12-22)26-23(31)19-28-14-16-29(17-15-28)35(33,34)18-13-21-9-5-3-6-10-21/h3-13,18H,14-17,19H2,1-2H3,(H,26,31)/p+1/b18-13+. The summed E-state index contributed by atoms with van der Waals surface area (Å²) >= 11 is 0. The lowest BCUT2D eigenvalue weighted by molar-refractivity contribution is -0.895. The molecule has 0 spiro atoms. The fourth-order valence-electron chi connectivity index (χ4n) is 4.17. The van der Waals surface area contributed by atoms with Crippen LogP contribution in [0.5, 0.6) is 0 Å². The first-order valence-corrected chi connectivity index (χ1v) is 13.0. The summed E-state index contributed by atoms with van der Waals surface area (Å²) in [5.74, 6) is -0.272. The molecule has 1 saturated heterocycles. The summed E-state index contributed by atoms with van der Waals surface area (Å²) in [6.07, 6.45) is 1.59. The van der Waals surface area contributed by atoms with E-state index in [0.29, 0.717) is 37.6 Å². The second kappa shape index (κ2) is 10.4. The minimum atomic E-state index is -3.53. The number of quaternary nitrogens is 1. The number of benzene rings is 2. The molecule has 1 amide bonds. The third-order valence-corrected chi connectivity index (χ3v) is 7.82. The van der Waals surface area contributed by atoms with Crippen molar-refractivity contribution >= 4 is 27.7 Å². The molecule has 0 radical (unpaired) electrons.